The van der Waals surface area contributed by atoms with Crippen molar-refractivity contribution in [1.82, 2.24) is 0 Å². The SMILES string of the molecule is CCC1C(=O)OC=C1CO. The smallest absolute Gasteiger partial charge is 0.318 e. The summed E-state index contributed by atoms with van der Waals surface area (Å²) in [6, 6.07) is 0. The van der Waals surface area contributed by atoms with Gasteiger partial charge in [0.05, 0.1) is 18.8 Å². The Bertz CT molecular complexity index is 172. The first-order chi connectivity index (χ1) is 4.79. The number of ether oxygens (including phenoxy) is 1. The Morgan fingerprint density at radius 3 is 2.90 bits per heavy atom. The highest BCUT2D eigenvalue weighted by molar-refractivity contribution is 5.78. The second kappa shape index (κ2) is 2.84. The number of esters is 1. The van der Waals surface area contributed by atoms with E-state index in [1.807, 2.05) is 6.92 Å². The predicted octanol–water partition coefficient (Wildman–Crippen LogP) is 0.446. The summed E-state index contributed by atoms with van der Waals surface area (Å²) in [7, 11) is 0. The van der Waals surface area contributed by atoms with Crippen LogP contribution in [0.2, 0.25) is 0 Å². The molecule has 0 spiro atoms. The number of carbonyl (C=O) groups excluding carboxylic acids is 1. The second-order valence-corrected chi connectivity index (χ2v) is 2.25. The molecule has 1 aliphatic rings. The zero-order chi connectivity index (χ0) is 7.56. The van der Waals surface area contributed by atoms with E-state index < -0.39 is 0 Å². The third-order valence-electron chi connectivity index (χ3n) is 1.65. The number of cyclic esters (lactones) is 1. The molecule has 3 heteroatoms. The van der Waals surface area contributed by atoms with E-state index in [0.717, 1.165) is 0 Å². The molecule has 1 rings (SSSR count). The van der Waals surface area contributed by atoms with Gasteiger partial charge in [-0.1, -0.05) is 6.92 Å². The number of carbonyl (C=O) groups is 1. The fourth-order valence-electron chi connectivity index (χ4n) is 1.03. The third kappa shape index (κ3) is 1.04. The number of aliphatic hydroxyl groups excluding tert-OH is 1. The van der Waals surface area contributed by atoms with Crippen LogP contribution in [0.25, 0.3) is 0 Å². The molecule has 0 fully saturated rings. The van der Waals surface area contributed by atoms with Gasteiger partial charge in [0.15, 0.2) is 0 Å². The van der Waals surface area contributed by atoms with Crippen molar-refractivity contribution in [3.8, 4) is 0 Å². The standard InChI is InChI=1S/C7H10O3/c1-2-6-5(3-8)4-10-7(6)9/h4,6,8H,2-3H2,1H3. The van der Waals surface area contributed by atoms with Crippen LogP contribution in [0.3, 0.4) is 0 Å². The van der Waals surface area contributed by atoms with E-state index in [2.05, 4.69) is 4.74 Å². The van der Waals surface area contributed by atoms with Gasteiger partial charge in [-0.25, -0.2) is 0 Å². The predicted molar refractivity (Wildman–Crippen MR) is 35.0 cm³/mol. The second-order valence-electron chi connectivity index (χ2n) is 2.25. The zero-order valence-corrected chi connectivity index (χ0v) is 5.83. The van der Waals surface area contributed by atoms with Crippen molar-refractivity contribution in [3.63, 3.8) is 0 Å². The van der Waals surface area contributed by atoms with Crippen molar-refractivity contribution >= 4 is 5.97 Å². The van der Waals surface area contributed by atoms with Crippen LogP contribution >= 0.6 is 0 Å². The number of hydrogen-bond donors (Lipinski definition) is 1. The maximum Gasteiger partial charge on any atom is 0.318 e. The summed E-state index contributed by atoms with van der Waals surface area (Å²) in [6.07, 6.45) is 2.04. The molecule has 0 bridgehead atoms. The molecule has 3 nitrogen and oxygen atoms in total. The fraction of sp³-hybridized carbons (Fsp3) is 0.571. The van der Waals surface area contributed by atoms with Gasteiger partial charge in [0.1, 0.15) is 0 Å². The van der Waals surface area contributed by atoms with E-state index in [-0.39, 0.29) is 18.5 Å². The summed E-state index contributed by atoms with van der Waals surface area (Å²) in [5.74, 6) is -0.448. The molecule has 0 aromatic rings. The van der Waals surface area contributed by atoms with Crippen LogP contribution in [0, 0.1) is 5.92 Å². The molecule has 10 heavy (non-hydrogen) atoms. The van der Waals surface area contributed by atoms with Gasteiger partial charge in [-0.05, 0) is 6.42 Å². The first-order valence-corrected chi connectivity index (χ1v) is 3.30. The quantitative estimate of drug-likeness (QED) is 0.569. The van der Waals surface area contributed by atoms with E-state index in [1.165, 1.54) is 6.26 Å². The molecule has 1 N–H and O–H groups in total. The summed E-state index contributed by atoms with van der Waals surface area (Å²) < 4.78 is 4.60. The van der Waals surface area contributed by atoms with E-state index in [0.29, 0.717) is 12.0 Å². The van der Waals surface area contributed by atoms with Crippen LogP contribution in [0.15, 0.2) is 11.8 Å². The summed E-state index contributed by atoms with van der Waals surface area (Å²) in [5.41, 5.74) is 0.688. The van der Waals surface area contributed by atoms with Gasteiger partial charge in [-0.15, -0.1) is 0 Å². The lowest BCUT2D eigenvalue weighted by atomic mass is 10.0. The van der Waals surface area contributed by atoms with Crippen molar-refractivity contribution in [1.29, 1.82) is 0 Å². The molecule has 1 unspecified atom stereocenters. The van der Waals surface area contributed by atoms with Crippen LogP contribution in [0.4, 0.5) is 0 Å². The topological polar surface area (TPSA) is 46.5 Å². The number of rotatable bonds is 2. The van der Waals surface area contributed by atoms with Crippen LogP contribution in [0.1, 0.15) is 13.3 Å². The summed E-state index contributed by atoms with van der Waals surface area (Å²) in [4.78, 5) is 10.8. The lowest BCUT2D eigenvalue weighted by molar-refractivity contribution is -0.139. The molecule has 0 saturated heterocycles. The molecule has 0 amide bonds. The molecule has 1 aliphatic heterocycles. The molecule has 1 heterocycles. The molecule has 1 atom stereocenters. The van der Waals surface area contributed by atoms with Crippen LogP contribution in [-0.2, 0) is 9.53 Å². The number of aliphatic hydroxyl groups is 1. The van der Waals surface area contributed by atoms with Crippen molar-refractivity contribution in [3.05, 3.63) is 11.8 Å². The van der Waals surface area contributed by atoms with Gasteiger partial charge in [0, 0.05) is 5.57 Å². The molecular formula is C7H10O3. The van der Waals surface area contributed by atoms with Crippen molar-refractivity contribution < 1.29 is 14.6 Å². The van der Waals surface area contributed by atoms with Crippen molar-refractivity contribution in [2.75, 3.05) is 6.61 Å². The molecule has 56 valence electrons. The first kappa shape index (κ1) is 7.28. The lowest BCUT2D eigenvalue weighted by Crippen LogP contribution is -2.11. The highest BCUT2D eigenvalue weighted by Gasteiger charge is 2.27. The third-order valence-corrected chi connectivity index (χ3v) is 1.65. The average Bonchev–Trinajstić information content (AvgIpc) is 2.30. The zero-order valence-electron chi connectivity index (χ0n) is 5.83. The largest absolute Gasteiger partial charge is 0.434 e. The monoisotopic (exact) mass is 142 g/mol. The van der Waals surface area contributed by atoms with Gasteiger partial charge in [0.2, 0.25) is 0 Å². The van der Waals surface area contributed by atoms with Crippen LogP contribution < -0.4 is 0 Å². The van der Waals surface area contributed by atoms with Gasteiger partial charge < -0.3 is 9.84 Å². The Kier molecular flexibility index (Phi) is 2.06. The van der Waals surface area contributed by atoms with Gasteiger partial charge in [0.25, 0.3) is 0 Å². The van der Waals surface area contributed by atoms with Crippen LogP contribution in [-0.4, -0.2) is 17.7 Å². The Balaban J connectivity index is 2.66. The highest BCUT2D eigenvalue weighted by Crippen LogP contribution is 2.22. The molecule has 0 radical (unpaired) electrons. The van der Waals surface area contributed by atoms with E-state index in [4.69, 9.17) is 5.11 Å². The average molecular weight is 142 g/mol. The molecule has 0 aliphatic carbocycles. The number of hydrogen-bond acceptors (Lipinski definition) is 3. The van der Waals surface area contributed by atoms with Crippen LogP contribution in [0.5, 0.6) is 0 Å². The lowest BCUT2D eigenvalue weighted by Gasteiger charge is -2.03. The van der Waals surface area contributed by atoms with E-state index in [1.54, 1.807) is 0 Å². The molecule has 0 aromatic carbocycles. The minimum Gasteiger partial charge on any atom is -0.434 e. The highest BCUT2D eigenvalue weighted by atomic mass is 16.5. The Labute approximate surface area is 59.3 Å². The molecule has 0 saturated carbocycles. The molecule has 0 aromatic heterocycles. The minimum absolute atomic E-state index is 0.0791. The summed E-state index contributed by atoms with van der Waals surface area (Å²) in [5, 5.41) is 8.68. The molecular weight excluding hydrogens is 132 g/mol. The van der Waals surface area contributed by atoms with Gasteiger partial charge >= 0.3 is 5.97 Å². The fourth-order valence-corrected chi connectivity index (χ4v) is 1.03. The normalized spacial score (nSPS) is 24.4. The van der Waals surface area contributed by atoms with Crippen molar-refractivity contribution in [2.24, 2.45) is 5.92 Å². The maximum atomic E-state index is 10.8. The van der Waals surface area contributed by atoms with Gasteiger partial charge in [-0.3, -0.25) is 4.79 Å². The minimum atomic E-state index is -0.244. The first-order valence-electron chi connectivity index (χ1n) is 3.30. The Morgan fingerprint density at radius 1 is 1.80 bits per heavy atom. The maximum absolute atomic E-state index is 10.8. The Hall–Kier alpha value is -0.830. The van der Waals surface area contributed by atoms with E-state index >= 15 is 0 Å². The van der Waals surface area contributed by atoms with Gasteiger partial charge in [-0.2, -0.15) is 0 Å². The summed E-state index contributed by atoms with van der Waals surface area (Å²) >= 11 is 0. The Morgan fingerprint density at radius 2 is 2.50 bits per heavy atom. The van der Waals surface area contributed by atoms with E-state index in [9.17, 15) is 4.79 Å². The van der Waals surface area contributed by atoms with Crippen molar-refractivity contribution in [2.45, 2.75) is 13.3 Å². The summed E-state index contributed by atoms with van der Waals surface area (Å²) in [6.45, 7) is 1.81.